The van der Waals surface area contributed by atoms with Crippen molar-refractivity contribution in [3.05, 3.63) is 81.6 Å². The van der Waals surface area contributed by atoms with E-state index in [1.807, 2.05) is 0 Å². The van der Waals surface area contributed by atoms with Gasteiger partial charge in [0.05, 0.1) is 11.8 Å². The molecule has 0 bridgehead atoms. The fourth-order valence-electron chi connectivity index (χ4n) is 2.15. The number of aromatic nitrogens is 2. The molecule has 0 saturated heterocycles. The Hall–Kier alpha value is -3.19. The third-order valence-electron chi connectivity index (χ3n) is 3.40. The SMILES string of the molecule is Cn1cc(C(=O)Nc2ccc(Oc3cc(F)cc(Cl)c3)cn2)ccc1=O. The molecule has 8 heteroatoms. The molecule has 1 aromatic carbocycles. The van der Waals surface area contributed by atoms with Crippen LogP contribution in [0.2, 0.25) is 5.02 Å². The molecule has 0 spiro atoms. The predicted octanol–water partition coefficient (Wildman–Crippen LogP) is 3.62. The Balaban J connectivity index is 1.70. The summed E-state index contributed by atoms with van der Waals surface area (Å²) in [4.78, 5) is 27.6. The molecule has 3 rings (SSSR count). The van der Waals surface area contributed by atoms with Gasteiger partial charge in [-0.2, -0.15) is 0 Å². The van der Waals surface area contributed by atoms with Crippen LogP contribution in [0.3, 0.4) is 0 Å². The standard InChI is InChI=1S/C18H13ClFN3O3/c1-23-10-11(2-5-17(23)24)18(25)22-16-4-3-14(9-21-16)26-15-7-12(19)6-13(20)8-15/h2-10H,1H3,(H,21,22,25). The van der Waals surface area contributed by atoms with E-state index in [4.69, 9.17) is 16.3 Å². The van der Waals surface area contributed by atoms with Gasteiger partial charge in [0.2, 0.25) is 5.56 Å². The number of hydrogen-bond donors (Lipinski definition) is 1. The van der Waals surface area contributed by atoms with Crippen LogP contribution in [0.4, 0.5) is 10.2 Å². The van der Waals surface area contributed by atoms with Crippen molar-refractivity contribution >= 4 is 23.3 Å². The minimum Gasteiger partial charge on any atom is -0.456 e. The summed E-state index contributed by atoms with van der Waals surface area (Å²) in [5, 5.41) is 2.83. The second-order valence-electron chi connectivity index (χ2n) is 5.41. The van der Waals surface area contributed by atoms with Crippen LogP contribution in [0.5, 0.6) is 11.5 Å². The lowest BCUT2D eigenvalue weighted by Crippen LogP contribution is -2.19. The number of anilines is 1. The predicted molar refractivity (Wildman–Crippen MR) is 95.4 cm³/mol. The van der Waals surface area contributed by atoms with Gasteiger partial charge in [0.25, 0.3) is 5.91 Å². The number of aryl methyl sites for hydroxylation is 1. The molecule has 0 atom stereocenters. The molecule has 2 aromatic heterocycles. The number of hydrogen-bond acceptors (Lipinski definition) is 4. The maximum absolute atomic E-state index is 13.3. The zero-order chi connectivity index (χ0) is 18.7. The summed E-state index contributed by atoms with van der Waals surface area (Å²) < 4.78 is 20.1. The summed E-state index contributed by atoms with van der Waals surface area (Å²) in [6, 6.07) is 9.69. The zero-order valence-electron chi connectivity index (χ0n) is 13.6. The third-order valence-corrected chi connectivity index (χ3v) is 3.62. The second kappa shape index (κ2) is 7.37. The first-order valence-electron chi connectivity index (χ1n) is 7.49. The molecule has 0 aliphatic heterocycles. The van der Waals surface area contributed by atoms with Crippen LogP contribution in [0.25, 0.3) is 0 Å². The molecule has 0 aliphatic carbocycles. The van der Waals surface area contributed by atoms with E-state index in [0.717, 1.165) is 0 Å². The number of rotatable bonds is 4. The van der Waals surface area contributed by atoms with Gasteiger partial charge in [-0.25, -0.2) is 9.37 Å². The van der Waals surface area contributed by atoms with E-state index in [1.165, 1.54) is 53.4 Å². The van der Waals surface area contributed by atoms with E-state index in [0.29, 0.717) is 17.1 Å². The maximum atomic E-state index is 13.3. The molecule has 26 heavy (non-hydrogen) atoms. The van der Waals surface area contributed by atoms with Gasteiger partial charge in [-0.1, -0.05) is 11.6 Å². The Morgan fingerprint density at radius 1 is 1.19 bits per heavy atom. The summed E-state index contributed by atoms with van der Waals surface area (Å²) in [5.41, 5.74) is 0.113. The van der Waals surface area contributed by atoms with Crippen LogP contribution in [-0.2, 0) is 7.05 Å². The lowest BCUT2D eigenvalue weighted by atomic mass is 10.2. The molecule has 0 saturated carbocycles. The number of benzene rings is 1. The van der Waals surface area contributed by atoms with Crippen LogP contribution in [-0.4, -0.2) is 15.5 Å². The summed E-state index contributed by atoms with van der Waals surface area (Å²) in [6.07, 6.45) is 2.82. The van der Waals surface area contributed by atoms with Crippen molar-refractivity contribution in [2.45, 2.75) is 0 Å². The molecule has 1 amide bonds. The van der Waals surface area contributed by atoms with Gasteiger partial charge in [-0.05, 0) is 30.3 Å². The number of pyridine rings is 2. The number of halogens is 2. The van der Waals surface area contributed by atoms with Crippen LogP contribution < -0.4 is 15.6 Å². The molecule has 0 unspecified atom stereocenters. The number of ether oxygens (including phenoxy) is 1. The van der Waals surface area contributed by atoms with E-state index in [1.54, 1.807) is 13.1 Å². The van der Waals surface area contributed by atoms with Crippen LogP contribution in [0.15, 0.2) is 59.7 Å². The van der Waals surface area contributed by atoms with E-state index in [2.05, 4.69) is 10.3 Å². The highest BCUT2D eigenvalue weighted by atomic mass is 35.5. The van der Waals surface area contributed by atoms with Crippen LogP contribution >= 0.6 is 11.6 Å². The number of nitrogens with zero attached hydrogens (tertiary/aromatic N) is 2. The molecule has 0 fully saturated rings. The Labute approximate surface area is 152 Å². The smallest absolute Gasteiger partial charge is 0.258 e. The number of carbonyl (C=O) groups is 1. The van der Waals surface area contributed by atoms with Gasteiger partial charge in [0.1, 0.15) is 23.1 Å². The van der Waals surface area contributed by atoms with Gasteiger partial charge in [-0.3, -0.25) is 9.59 Å². The molecular formula is C18H13ClFN3O3. The lowest BCUT2D eigenvalue weighted by Gasteiger charge is -2.08. The van der Waals surface area contributed by atoms with E-state index in [-0.39, 0.29) is 16.3 Å². The molecule has 0 radical (unpaired) electrons. The summed E-state index contributed by atoms with van der Waals surface area (Å²) in [7, 11) is 1.56. The molecule has 6 nitrogen and oxygen atoms in total. The Kier molecular flexibility index (Phi) is 4.99. The van der Waals surface area contributed by atoms with Crippen LogP contribution in [0, 0.1) is 5.82 Å². The van der Waals surface area contributed by atoms with E-state index >= 15 is 0 Å². The number of carbonyl (C=O) groups excluding carboxylic acids is 1. The molecule has 0 aliphatic rings. The fraction of sp³-hybridized carbons (Fsp3) is 0.0556. The summed E-state index contributed by atoms with van der Waals surface area (Å²) in [6.45, 7) is 0. The molecule has 1 N–H and O–H groups in total. The Morgan fingerprint density at radius 3 is 2.65 bits per heavy atom. The van der Waals surface area contributed by atoms with Crippen molar-refractivity contribution in [2.75, 3.05) is 5.32 Å². The minimum absolute atomic E-state index is 0.210. The second-order valence-corrected chi connectivity index (χ2v) is 5.84. The largest absolute Gasteiger partial charge is 0.456 e. The molecule has 3 aromatic rings. The fourth-order valence-corrected chi connectivity index (χ4v) is 2.37. The molecule has 2 heterocycles. The quantitative estimate of drug-likeness (QED) is 0.758. The van der Waals surface area contributed by atoms with Gasteiger partial charge >= 0.3 is 0 Å². The van der Waals surface area contributed by atoms with Crippen molar-refractivity contribution in [3.8, 4) is 11.5 Å². The zero-order valence-corrected chi connectivity index (χ0v) is 14.3. The number of nitrogens with one attached hydrogen (secondary N) is 1. The van der Waals surface area contributed by atoms with Crippen LogP contribution in [0.1, 0.15) is 10.4 Å². The summed E-state index contributed by atoms with van der Waals surface area (Å²) in [5.74, 6) is -0.0284. The van der Waals surface area contributed by atoms with E-state index in [9.17, 15) is 14.0 Å². The Bertz CT molecular complexity index is 999. The lowest BCUT2D eigenvalue weighted by molar-refractivity contribution is 0.102. The van der Waals surface area contributed by atoms with Crippen molar-refractivity contribution < 1.29 is 13.9 Å². The number of amides is 1. The first-order chi connectivity index (χ1) is 12.4. The van der Waals surface area contributed by atoms with Gasteiger partial charge in [0, 0.05) is 30.4 Å². The van der Waals surface area contributed by atoms with Gasteiger partial charge < -0.3 is 14.6 Å². The normalized spacial score (nSPS) is 10.4. The third kappa shape index (κ3) is 4.25. The average molecular weight is 374 g/mol. The highest BCUT2D eigenvalue weighted by molar-refractivity contribution is 6.30. The first kappa shape index (κ1) is 17.6. The van der Waals surface area contributed by atoms with Crippen molar-refractivity contribution in [2.24, 2.45) is 7.05 Å². The molecular weight excluding hydrogens is 361 g/mol. The van der Waals surface area contributed by atoms with Gasteiger partial charge in [-0.15, -0.1) is 0 Å². The van der Waals surface area contributed by atoms with E-state index < -0.39 is 11.7 Å². The average Bonchev–Trinajstić information content (AvgIpc) is 2.58. The monoisotopic (exact) mass is 373 g/mol. The van der Waals surface area contributed by atoms with Crippen molar-refractivity contribution in [1.29, 1.82) is 0 Å². The Morgan fingerprint density at radius 2 is 2.00 bits per heavy atom. The van der Waals surface area contributed by atoms with Gasteiger partial charge in [0.15, 0.2) is 0 Å². The van der Waals surface area contributed by atoms with Crippen molar-refractivity contribution in [3.63, 3.8) is 0 Å². The summed E-state index contributed by atoms with van der Waals surface area (Å²) >= 11 is 5.77. The van der Waals surface area contributed by atoms with Crippen molar-refractivity contribution in [1.82, 2.24) is 9.55 Å². The topological polar surface area (TPSA) is 73.2 Å². The minimum atomic E-state index is -0.512. The highest BCUT2D eigenvalue weighted by Gasteiger charge is 2.08. The maximum Gasteiger partial charge on any atom is 0.258 e. The molecule has 132 valence electrons. The highest BCUT2D eigenvalue weighted by Crippen LogP contribution is 2.25. The first-order valence-corrected chi connectivity index (χ1v) is 7.86.